The molecule has 0 aliphatic carbocycles. The molecule has 5 rings (SSSR count). The molecule has 144 valence electrons. The van der Waals surface area contributed by atoms with Crippen molar-refractivity contribution in [3.05, 3.63) is 63.7 Å². The second-order valence-electron chi connectivity index (χ2n) is 6.90. The Morgan fingerprint density at radius 1 is 1.11 bits per heavy atom. The molecule has 0 bridgehead atoms. The van der Waals surface area contributed by atoms with Gasteiger partial charge in [0.1, 0.15) is 6.54 Å². The first-order valence-corrected chi connectivity index (χ1v) is 9.57. The number of aryl methyl sites for hydroxylation is 3. The summed E-state index contributed by atoms with van der Waals surface area (Å²) in [7, 11) is 0. The Hall–Kier alpha value is -2.45. The lowest BCUT2D eigenvalue weighted by atomic mass is 10.1. The molecular weight excluding hydrogens is 442 g/mol. The average Bonchev–Trinajstić information content (AvgIpc) is 3.25. The highest BCUT2D eigenvalue weighted by molar-refractivity contribution is 9.10. The summed E-state index contributed by atoms with van der Waals surface area (Å²) in [6, 6.07) is 8.29. The summed E-state index contributed by atoms with van der Waals surface area (Å²) in [4.78, 5) is 9.37. The molecule has 1 aromatic carbocycles. The number of hydrogen-bond donors (Lipinski definition) is 0. The van der Waals surface area contributed by atoms with Gasteiger partial charge in [-0.25, -0.2) is 14.6 Å². The largest absolute Gasteiger partial charge is 0.300 e. The molecule has 0 saturated carbocycles. The Labute approximate surface area is 177 Å². The molecule has 0 N–H and O–H groups in total. The third-order valence-electron chi connectivity index (χ3n) is 4.94. The van der Waals surface area contributed by atoms with E-state index in [0.717, 1.165) is 50.1 Å². The van der Waals surface area contributed by atoms with E-state index < -0.39 is 0 Å². The number of imidazole rings is 1. The minimum absolute atomic E-state index is 0. The van der Waals surface area contributed by atoms with Gasteiger partial charge in [0.05, 0.1) is 35.6 Å². The van der Waals surface area contributed by atoms with E-state index in [0.29, 0.717) is 13.1 Å². The predicted molar refractivity (Wildman–Crippen MR) is 112 cm³/mol. The van der Waals surface area contributed by atoms with E-state index in [2.05, 4.69) is 55.7 Å². The fourth-order valence-corrected chi connectivity index (χ4v) is 4.00. The van der Waals surface area contributed by atoms with Crippen molar-refractivity contribution in [2.24, 2.45) is 0 Å². The van der Waals surface area contributed by atoms with Crippen molar-refractivity contribution in [3.8, 4) is 17.1 Å². The van der Waals surface area contributed by atoms with E-state index >= 15 is 0 Å². The molecule has 0 fully saturated rings. The Morgan fingerprint density at radius 3 is 2.68 bits per heavy atom. The number of fused-ring (bicyclic) bond motifs is 5. The van der Waals surface area contributed by atoms with E-state index in [1.54, 1.807) is 0 Å². The molecule has 0 amide bonds. The van der Waals surface area contributed by atoms with E-state index in [1.165, 1.54) is 0 Å². The van der Waals surface area contributed by atoms with Crippen LogP contribution >= 0.6 is 28.3 Å². The Kier molecular flexibility index (Phi) is 4.63. The summed E-state index contributed by atoms with van der Waals surface area (Å²) < 4.78 is 7.06. The molecule has 4 heterocycles. The lowest BCUT2D eigenvalue weighted by molar-refractivity contribution is 0.608. The predicted octanol–water partition coefficient (Wildman–Crippen LogP) is 3.85. The monoisotopic (exact) mass is 459 g/mol. The van der Waals surface area contributed by atoms with Gasteiger partial charge >= 0.3 is 0 Å². The Morgan fingerprint density at radius 2 is 1.93 bits per heavy atom. The van der Waals surface area contributed by atoms with Gasteiger partial charge in [0.25, 0.3) is 0 Å². The Bertz CT molecular complexity index is 1190. The van der Waals surface area contributed by atoms with Crippen LogP contribution in [0.4, 0.5) is 0 Å². The maximum Gasteiger partial charge on any atom is 0.172 e. The number of halogens is 2. The highest BCUT2D eigenvalue weighted by atomic mass is 79.9. The standard InChI is InChI=1S/C19H18BrN7.ClH/c1-11-6-12(2)26(23-11)9-18-22-19-15-7-14(20)4-5-16(15)25-10-21-13(3)17(25)8-27(19)24-18;/h4-7,10H,8-9H2,1-3H3;1H. The number of nitrogens with zero attached hydrogens (tertiary/aromatic N) is 7. The summed E-state index contributed by atoms with van der Waals surface area (Å²) in [5.41, 5.74) is 6.34. The number of hydrogen-bond acceptors (Lipinski definition) is 4. The smallest absolute Gasteiger partial charge is 0.172 e. The molecule has 0 spiro atoms. The van der Waals surface area contributed by atoms with Crippen LogP contribution in [-0.2, 0) is 13.1 Å². The molecule has 0 atom stereocenters. The zero-order valence-corrected chi connectivity index (χ0v) is 18.1. The van der Waals surface area contributed by atoms with E-state index in [1.807, 2.05) is 35.6 Å². The van der Waals surface area contributed by atoms with Crippen LogP contribution in [0.1, 0.15) is 28.6 Å². The molecular formula is C19H19BrClN7. The summed E-state index contributed by atoms with van der Waals surface area (Å²) in [5, 5.41) is 9.33. The van der Waals surface area contributed by atoms with Gasteiger partial charge in [-0.3, -0.25) is 4.68 Å². The zero-order valence-electron chi connectivity index (χ0n) is 15.7. The van der Waals surface area contributed by atoms with Crippen LogP contribution in [-0.4, -0.2) is 34.1 Å². The van der Waals surface area contributed by atoms with Gasteiger partial charge in [-0.2, -0.15) is 10.2 Å². The third kappa shape index (κ3) is 2.97. The molecule has 0 unspecified atom stereocenters. The highest BCUT2D eigenvalue weighted by Gasteiger charge is 2.24. The first-order valence-electron chi connectivity index (χ1n) is 8.77. The van der Waals surface area contributed by atoms with Crippen molar-refractivity contribution >= 4 is 28.3 Å². The quantitative estimate of drug-likeness (QED) is 0.401. The molecule has 7 nitrogen and oxygen atoms in total. The number of aromatic nitrogens is 7. The first kappa shape index (κ1) is 18.9. The van der Waals surface area contributed by atoms with Crippen molar-refractivity contribution in [3.63, 3.8) is 0 Å². The fourth-order valence-electron chi connectivity index (χ4n) is 3.63. The zero-order chi connectivity index (χ0) is 18.7. The van der Waals surface area contributed by atoms with Crippen LogP contribution in [0.15, 0.2) is 35.1 Å². The first-order chi connectivity index (χ1) is 13.0. The van der Waals surface area contributed by atoms with Crippen molar-refractivity contribution in [2.45, 2.75) is 33.9 Å². The van der Waals surface area contributed by atoms with Crippen molar-refractivity contribution in [1.82, 2.24) is 34.1 Å². The van der Waals surface area contributed by atoms with Crippen LogP contribution in [0, 0.1) is 20.8 Å². The summed E-state index contributed by atoms with van der Waals surface area (Å²) in [5.74, 6) is 1.62. The molecule has 3 aromatic heterocycles. The molecule has 9 heteroatoms. The molecule has 0 radical (unpaired) electrons. The summed E-state index contributed by atoms with van der Waals surface area (Å²) >= 11 is 3.59. The lowest BCUT2D eigenvalue weighted by Gasteiger charge is -2.08. The van der Waals surface area contributed by atoms with Crippen molar-refractivity contribution in [1.29, 1.82) is 0 Å². The second-order valence-corrected chi connectivity index (χ2v) is 7.82. The topological polar surface area (TPSA) is 66.3 Å². The van der Waals surface area contributed by atoms with Crippen LogP contribution in [0.25, 0.3) is 17.1 Å². The average molecular weight is 461 g/mol. The van der Waals surface area contributed by atoms with E-state index in [4.69, 9.17) is 10.1 Å². The molecule has 1 aliphatic rings. The minimum Gasteiger partial charge on any atom is -0.300 e. The van der Waals surface area contributed by atoms with Crippen LogP contribution in [0.3, 0.4) is 0 Å². The Balaban J connectivity index is 0.00000192. The molecule has 4 aromatic rings. The third-order valence-corrected chi connectivity index (χ3v) is 5.44. The van der Waals surface area contributed by atoms with Gasteiger partial charge < -0.3 is 4.57 Å². The van der Waals surface area contributed by atoms with Crippen LogP contribution in [0.2, 0.25) is 0 Å². The van der Waals surface area contributed by atoms with Gasteiger partial charge in [-0.1, -0.05) is 15.9 Å². The van der Waals surface area contributed by atoms with E-state index in [-0.39, 0.29) is 12.4 Å². The summed E-state index contributed by atoms with van der Waals surface area (Å²) in [6.07, 6.45) is 1.88. The normalized spacial score (nSPS) is 12.0. The highest BCUT2D eigenvalue weighted by Crippen LogP contribution is 2.33. The number of benzene rings is 1. The lowest BCUT2D eigenvalue weighted by Crippen LogP contribution is -2.08. The van der Waals surface area contributed by atoms with Crippen molar-refractivity contribution in [2.75, 3.05) is 0 Å². The maximum atomic E-state index is 4.87. The fraction of sp³-hybridized carbons (Fsp3) is 0.263. The van der Waals surface area contributed by atoms with Crippen LogP contribution < -0.4 is 0 Å². The molecule has 1 aliphatic heterocycles. The number of rotatable bonds is 2. The summed E-state index contributed by atoms with van der Waals surface area (Å²) in [6.45, 7) is 7.27. The van der Waals surface area contributed by atoms with Crippen LogP contribution in [0.5, 0.6) is 0 Å². The SMILES string of the molecule is Cc1cc(C)n(Cc2nc3n(n2)Cc2c(C)ncn2-c2ccc(Br)cc2-3)n1.Cl. The second kappa shape index (κ2) is 6.86. The molecule has 0 saturated heterocycles. The van der Waals surface area contributed by atoms with Crippen molar-refractivity contribution < 1.29 is 0 Å². The van der Waals surface area contributed by atoms with Gasteiger partial charge in [0, 0.05) is 15.7 Å². The minimum atomic E-state index is 0. The molecule has 28 heavy (non-hydrogen) atoms. The van der Waals surface area contributed by atoms with Gasteiger partial charge in [-0.15, -0.1) is 12.4 Å². The van der Waals surface area contributed by atoms with Gasteiger partial charge in [0.15, 0.2) is 11.6 Å². The van der Waals surface area contributed by atoms with E-state index in [9.17, 15) is 0 Å². The van der Waals surface area contributed by atoms with Gasteiger partial charge in [-0.05, 0) is 45.0 Å². The maximum absolute atomic E-state index is 4.87. The van der Waals surface area contributed by atoms with Gasteiger partial charge in [0.2, 0.25) is 0 Å².